The van der Waals surface area contributed by atoms with Crippen LogP contribution in [0.25, 0.3) is 0 Å². The van der Waals surface area contributed by atoms with E-state index < -0.39 is 0 Å². The van der Waals surface area contributed by atoms with Crippen LogP contribution in [0.15, 0.2) is 5.38 Å². The second kappa shape index (κ2) is 5.60. The Balaban J connectivity index is 1.89. The maximum absolute atomic E-state index is 12.0. The summed E-state index contributed by atoms with van der Waals surface area (Å²) in [6.45, 7) is 4.43. The fourth-order valence-electron chi connectivity index (χ4n) is 2.11. The van der Waals surface area contributed by atoms with Crippen molar-refractivity contribution in [2.24, 2.45) is 11.7 Å². The molecule has 94 valence electrons. The summed E-state index contributed by atoms with van der Waals surface area (Å²) in [5.41, 5.74) is 6.53. The first-order valence-electron chi connectivity index (χ1n) is 6.14. The number of likely N-dealkylation sites (tertiary alicyclic amines) is 1. The van der Waals surface area contributed by atoms with Gasteiger partial charge in [-0.3, -0.25) is 4.79 Å². The largest absolute Gasteiger partial charge is 0.342 e. The lowest BCUT2D eigenvalue weighted by Crippen LogP contribution is -2.31. The molecule has 2 heterocycles. The lowest BCUT2D eigenvalue weighted by Gasteiger charge is -2.15. The Labute approximate surface area is 106 Å². The van der Waals surface area contributed by atoms with Gasteiger partial charge in [-0.05, 0) is 25.3 Å². The normalized spacial score (nSPS) is 19.9. The molecule has 1 amide bonds. The van der Waals surface area contributed by atoms with Crippen LogP contribution in [-0.4, -0.2) is 35.4 Å². The molecule has 0 aliphatic carbocycles. The average molecular weight is 253 g/mol. The van der Waals surface area contributed by atoms with Gasteiger partial charge >= 0.3 is 0 Å². The van der Waals surface area contributed by atoms with Crippen LogP contribution >= 0.6 is 11.3 Å². The first kappa shape index (κ1) is 12.5. The number of aryl methyl sites for hydroxylation is 1. The zero-order chi connectivity index (χ0) is 12.3. The molecular formula is C12H19N3OS. The van der Waals surface area contributed by atoms with Gasteiger partial charge in [-0.1, -0.05) is 6.92 Å². The average Bonchev–Trinajstić information content (AvgIpc) is 2.96. The molecule has 0 spiro atoms. The molecule has 1 fully saturated rings. The molecule has 1 aromatic heterocycles. The fraction of sp³-hybridized carbons (Fsp3) is 0.667. The van der Waals surface area contributed by atoms with Crippen LogP contribution in [0.2, 0.25) is 0 Å². The summed E-state index contributed by atoms with van der Waals surface area (Å²) in [7, 11) is 0. The van der Waals surface area contributed by atoms with Gasteiger partial charge in [0.2, 0.25) is 5.91 Å². The number of amides is 1. The summed E-state index contributed by atoms with van der Waals surface area (Å²) in [4.78, 5) is 18.4. The summed E-state index contributed by atoms with van der Waals surface area (Å²) >= 11 is 1.64. The number of hydrogen-bond donors (Lipinski definition) is 1. The maximum Gasteiger partial charge on any atom is 0.228 e. The van der Waals surface area contributed by atoms with Gasteiger partial charge in [0.25, 0.3) is 0 Å². The third-order valence-electron chi connectivity index (χ3n) is 3.21. The van der Waals surface area contributed by atoms with Gasteiger partial charge < -0.3 is 10.6 Å². The number of carbonyl (C=O) groups excluding carboxylic acids is 1. The third kappa shape index (κ3) is 3.04. The van der Waals surface area contributed by atoms with Crippen LogP contribution in [0, 0.1) is 5.92 Å². The van der Waals surface area contributed by atoms with E-state index in [-0.39, 0.29) is 5.91 Å². The van der Waals surface area contributed by atoms with Crippen LogP contribution in [-0.2, 0) is 17.6 Å². The highest BCUT2D eigenvalue weighted by Gasteiger charge is 2.25. The Morgan fingerprint density at radius 2 is 2.53 bits per heavy atom. The molecule has 0 aromatic carbocycles. The topological polar surface area (TPSA) is 59.2 Å². The predicted octanol–water partition coefficient (Wildman–Crippen LogP) is 1.06. The zero-order valence-electron chi connectivity index (χ0n) is 10.2. The van der Waals surface area contributed by atoms with Gasteiger partial charge in [0.15, 0.2) is 0 Å². The van der Waals surface area contributed by atoms with E-state index in [0.29, 0.717) is 18.9 Å². The summed E-state index contributed by atoms with van der Waals surface area (Å²) in [5, 5.41) is 3.10. The number of thiazole rings is 1. The Morgan fingerprint density at radius 3 is 3.12 bits per heavy atom. The molecule has 1 saturated heterocycles. The summed E-state index contributed by atoms with van der Waals surface area (Å²) in [5.74, 6) is 0.675. The van der Waals surface area contributed by atoms with E-state index in [1.807, 2.05) is 10.3 Å². The monoisotopic (exact) mass is 253 g/mol. The summed E-state index contributed by atoms with van der Waals surface area (Å²) in [6.07, 6.45) is 2.42. The Hall–Kier alpha value is -0.940. The standard InChI is InChI=1S/C12H19N3OS/c1-2-11-14-10(8-17-11)5-12(16)15-4-3-9(6-13)7-15/h8-9H,2-7,13H2,1H3. The van der Waals surface area contributed by atoms with Crippen molar-refractivity contribution in [2.75, 3.05) is 19.6 Å². The molecule has 1 unspecified atom stereocenters. The van der Waals surface area contributed by atoms with E-state index >= 15 is 0 Å². The third-order valence-corrected chi connectivity index (χ3v) is 4.25. The Morgan fingerprint density at radius 1 is 1.71 bits per heavy atom. The van der Waals surface area contributed by atoms with Gasteiger partial charge in [-0.2, -0.15) is 0 Å². The van der Waals surface area contributed by atoms with Crippen LogP contribution < -0.4 is 5.73 Å². The van der Waals surface area contributed by atoms with Gasteiger partial charge in [0.1, 0.15) is 0 Å². The highest BCUT2D eigenvalue weighted by molar-refractivity contribution is 7.09. The minimum Gasteiger partial charge on any atom is -0.342 e. The zero-order valence-corrected chi connectivity index (χ0v) is 11.0. The molecule has 1 atom stereocenters. The van der Waals surface area contributed by atoms with Crippen molar-refractivity contribution in [1.29, 1.82) is 0 Å². The molecule has 5 heteroatoms. The molecular weight excluding hydrogens is 234 g/mol. The van der Waals surface area contributed by atoms with Crippen molar-refractivity contribution in [3.8, 4) is 0 Å². The number of rotatable bonds is 4. The van der Waals surface area contributed by atoms with E-state index in [2.05, 4.69) is 11.9 Å². The fourth-order valence-corrected chi connectivity index (χ4v) is 2.86. The quantitative estimate of drug-likeness (QED) is 0.872. The molecule has 0 radical (unpaired) electrons. The van der Waals surface area contributed by atoms with Crippen molar-refractivity contribution < 1.29 is 4.79 Å². The second-order valence-corrected chi connectivity index (χ2v) is 5.44. The SMILES string of the molecule is CCc1nc(CC(=O)N2CCC(CN)C2)cs1. The number of carbonyl (C=O) groups is 1. The summed E-state index contributed by atoms with van der Waals surface area (Å²) in [6, 6.07) is 0. The van der Waals surface area contributed by atoms with Gasteiger partial charge in [0, 0.05) is 18.5 Å². The van der Waals surface area contributed by atoms with E-state index in [0.717, 1.165) is 36.6 Å². The molecule has 4 nitrogen and oxygen atoms in total. The van der Waals surface area contributed by atoms with Gasteiger partial charge in [-0.15, -0.1) is 11.3 Å². The van der Waals surface area contributed by atoms with E-state index in [4.69, 9.17) is 5.73 Å². The van der Waals surface area contributed by atoms with Gasteiger partial charge in [-0.25, -0.2) is 4.98 Å². The van der Waals surface area contributed by atoms with Crippen LogP contribution in [0.4, 0.5) is 0 Å². The minimum absolute atomic E-state index is 0.189. The van der Waals surface area contributed by atoms with Gasteiger partial charge in [0.05, 0.1) is 17.1 Å². The lowest BCUT2D eigenvalue weighted by atomic mass is 10.1. The summed E-state index contributed by atoms with van der Waals surface area (Å²) < 4.78 is 0. The smallest absolute Gasteiger partial charge is 0.228 e. The number of nitrogens with two attached hydrogens (primary N) is 1. The van der Waals surface area contributed by atoms with Crippen LogP contribution in [0.1, 0.15) is 24.0 Å². The second-order valence-electron chi connectivity index (χ2n) is 4.49. The van der Waals surface area contributed by atoms with Crippen molar-refractivity contribution in [3.05, 3.63) is 16.1 Å². The first-order valence-corrected chi connectivity index (χ1v) is 7.02. The predicted molar refractivity (Wildman–Crippen MR) is 68.9 cm³/mol. The van der Waals surface area contributed by atoms with Crippen molar-refractivity contribution in [3.63, 3.8) is 0 Å². The molecule has 1 aliphatic rings. The number of aromatic nitrogens is 1. The van der Waals surface area contributed by atoms with Crippen LogP contribution in [0.3, 0.4) is 0 Å². The molecule has 0 bridgehead atoms. The van der Waals surface area contributed by atoms with E-state index in [9.17, 15) is 4.79 Å². The molecule has 2 N–H and O–H groups in total. The minimum atomic E-state index is 0.189. The van der Waals surface area contributed by atoms with Crippen LogP contribution in [0.5, 0.6) is 0 Å². The van der Waals surface area contributed by atoms with Crippen molar-refractivity contribution in [2.45, 2.75) is 26.2 Å². The highest BCUT2D eigenvalue weighted by atomic mass is 32.1. The Kier molecular flexibility index (Phi) is 4.12. The molecule has 2 rings (SSSR count). The molecule has 1 aromatic rings. The Bertz CT molecular complexity index is 391. The highest BCUT2D eigenvalue weighted by Crippen LogP contribution is 2.17. The van der Waals surface area contributed by atoms with E-state index in [1.54, 1.807) is 11.3 Å². The lowest BCUT2D eigenvalue weighted by molar-refractivity contribution is -0.129. The molecule has 17 heavy (non-hydrogen) atoms. The maximum atomic E-state index is 12.0. The van der Waals surface area contributed by atoms with Crippen molar-refractivity contribution >= 4 is 17.2 Å². The molecule has 0 saturated carbocycles. The van der Waals surface area contributed by atoms with E-state index in [1.165, 1.54) is 0 Å². The number of nitrogens with zero attached hydrogens (tertiary/aromatic N) is 2. The first-order chi connectivity index (χ1) is 8.22. The van der Waals surface area contributed by atoms with Crippen molar-refractivity contribution in [1.82, 2.24) is 9.88 Å². The number of hydrogen-bond acceptors (Lipinski definition) is 4. The molecule has 1 aliphatic heterocycles.